The average molecular weight is 272 g/mol. The molecular weight excluding hydrogens is 248 g/mol. The molecule has 1 aromatic heterocycles. The maximum atomic E-state index is 5.61. The number of nitrogens with one attached hydrogen (secondary N) is 1. The van der Waals surface area contributed by atoms with Gasteiger partial charge in [0.15, 0.2) is 5.75 Å². The predicted octanol–water partition coefficient (Wildman–Crippen LogP) is 0.640. The molecule has 1 unspecified atom stereocenters. The van der Waals surface area contributed by atoms with Gasteiger partial charge in [-0.3, -0.25) is 10.5 Å². The van der Waals surface area contributed by atoms with Crippen LogP contribution in [0, 0.1) is 0 Å². The van der Waals surface area contributed by atoms with Gasteiger partial charge in [-0.25, -0.2) is 5.43 Å². The number of ether oxygens (including phenoxy) is 3. The third kappa shape index (κ3) is 4.17. The largest absolute Gasteiger partial charge is 0.493 e. The number of aromatic nitrogens is 2. The molecule has 0 spiro atoms. The van der Waals surface area contributed by atoms with Crippen LogP contribution in [0.5, 0.6) is 5.75 Å². The number of hydrogen-bond acceptors (Lipinski definition) is 6. The van der Waals surface area contributed by atoms with Crippen molar-refractivity contribution >= 4 is 0 Å². The molecule has 0 saturated heterocycles. The highest BCUT2D eigenvalue weighted by atomic mass is 16.5. The minimum Gasteiger partial charge on any atom is -0.493 e. The zero-order chi connectivity index (χ0) is 14.3. The van der Waals surface area contributed by atoms with Crippen molar-refractivity contribution in [2.24, 2.45) is 5.84 Å². The molecule has 0 radical (unpaired) electrons. The molecule has 0 aliphatic carbocycles. The summed E-state index contributed by atoms with van der Waals surface area (Å²) in [7, 11) is 3.25. The van der Waals surface area contributed by atoms with Crippen molar-refractivity contribution in [3.63, 3.8) is 0 Å². The fourth-order valence-electron chi connectivity index (χ4n) is 1.81. The maximum absolute atomic E-state index is 5.61. The van der Waals surface area contributed by atoms with Gasteiger partial charge in [-0.15, -0.1) is 0 Å². The zero-order valence-electron chi connectivity index (χ0n) is 12.0. The van der Waals surface area contributed by atoms with Gasteiger partial charge in [-0.1, -0.05) is 0 Å². The lowest BCUT2D eigenvalue weighted by Crippen LogP contribution is -2.34. The van der Waals surface area contributed by atoms with E-state index in [-0.39, 0.29) is 12.1 Å². The fraction of sp³-hybridized carbons (Fsp3) is 0.750. The zero-order valence-corrected chi connectivity index (χ0v) is 12.0. The molecule has 1 aromatic rings. The molecule has 1 rings (SSSR count). The van der Waals surface area contributed by atoms with Crippen LogP contribution in [-0.4, -0.2) is 43.8 Å². The lowest BCUT2D eigenvalue weighted by atomic mass is 10.2. The third-order valence-electron chi connectivity index (χ3n) is 2.76. The molecule has 0 aliphatic heterocycles. The van der Waals surface area contributed by atoms with E-state index in [0.717, 1.165) is 5.69 Å². The highest BCUT2D eigenvalue weighted by molar-refractivity contribution is 5.28. The number of nitrogens with zero attached hydrogens (tertiary/aromatic N) is 2. The Hall–Kier alpha value is -1.15. The van der Waals surface area contributed by atoms with E-state index in [4.69, 9.17) is 20.1 Å². The molecule has 110 valence electrons. The first-order valence-electron chi connectivity index (χ1n) is 6.29. The first-order chi connectivity index (χ1) is 9.15. The van der Waals surface area contributed by atoms with Gasteiger partial charge in [0.2, 0.25) is 0 Å². The van der Waals surface area contributed by atoms with Crippen molar-refractivity contribution in [3.8, 4) is 5.75 Å². The molecule has 0 aromatic carbocycles. The van der Waals surface area contributed by atoms with Crippen LogP contribution in [0.2, 0.25) is 0 Å². The lowest BCUT2D eigenvalue weighted by Gasteiger charge is -2.20. The van der Waals surface area contributed by atoms with E-state index < -0.39 is 0 Å². The van der Waals surface area contributed by atoms with E-state index in [2.05, 4.69) is 24.4 Å². The predicted molar refractivity (Wildman–Crippen MR) is 71.9 cm³/mol. The Morgan fingerprint density at radius 1 is 1.37 bits per heavy atom. The first-order valence-corrected chi connectivity index (χ1v) is 6.29. The molecule has 7 nitrogen and oxygen atoms in total. The molecule has 0 amide bonds. The normalized spacial score (nSPS) is 12.9. The summed E-state index contributed by atoms with van der Waals surface area (Å²) in [5.74, 6) is 6.31. The van der Waals surface area contributed by atoms with Crippen molar-refractivity contribution in [2.75, 3.05) is 34.0 Å². The second-order valence-electron chi connectivity index (χ2n) is 4.42. The summed E-state index contributed by atoms with van der Waals surface area (Å²) in [6.45, 7) is 5.60. The Morgan fingerprint density at radius 3 is 2.63 bits per heavy atom. The van der Waals surface area contributed by atoms with Crippen molar-refractivity contribution < 1.29 is 14.2 Å². The Labute approximate surface area is 114 Å². The van der Waals surface area contributed by atoms with E-state index >= 15 is 0 Å². The molecule has 0 bridgehead atoms. The standard InChI is InChI=1S/C12H24N4O3/c1-9(2)16-12(11(18-4)7-14-16)10(15-13)8-19-6-5-17-3/h7,9-10,15H,5-6,8,13H2,1-4H3. The highest BCUT2D eigenvalue weighted by Crippen LogP contribution is 2.27. The van der Waals surface area contributed by atoms with Crippen molar-refractivity contribution in [3.05, 3.63) is 11.9 Å². The van der Waals surface area contributed by atoms with Crippen molar-refractivity contribution in [1.29, 1.82) is 0 Å². The summed E-state index contributed by atoms with van der Waals surface area (Å²) in [4.78, 5) is 0. The summed E-state index contributed by atoms with van der Waals surface area (Å²) in [5.41, 5.74) is 3.63. The molecular formula is C12H24N4O3. The summed E-state index contributed by atoms with van der Waals surface area (Å²) in [6.07, 6.45) is 1.69. The Balaban J connectivity index is 2.80. The van der Waals surface area contributed by atoms with Crippen LogP contribution >= 0.6 is 0 Å². The molecule has 1 atom stereocenters. The number of hydrazine groups is 1. The minimum atomic E-state index is -0.184. The van der Waals surface area contributed by atoms with Crippen LogP contribution in [-0.2, 0) is 9.47 Å². The third-order valence-corrected chi connectivity index (χ3v) is 2.76. The Bertz CT molecular complexity index is 368. The van der Waals surface area contributed by atoms with Crippen LogP contribution < -0.4 is 16.0 Å². The van der Waals surface area contributed by atoms with Crippen molar-refractivity contribution in [1.82, 2.24) is 15.2 Å². The van der Waals surface area contributed by atoms with Crippen LogP contribution in [0.15, 0.2) is 6.20 Å². The van der Waals surface area contributed by atoms with Crippen molar-refractivity contribution in [2.45, 2.75) is 25.9 Å². The molecule has 7 heteroatoms. The van der Waals surface area contributed by atoms with Gasteiger partial charge in [0.25, 0.3) is 0 Å². The number of nitrogens with two attached hydrogens (primary N) is 1. The SMILES string of the molecule is COCCOCC(NN)c1c(OC)cnn1C(C)C. The van der Waals surface area contributed by atoms with Gasteiger partial charge in [-0.05, 0) is 13.8 Å². The highest BCUT2D eigenvalue weighted by Gasteiger charge is 2.22. The maximum Gasteiger partial charge on any atom is 0.161 e. The molecule has 0 aliphatic rings. The first kappa shape index (κ1) is 15.9. The van der Waals surface area contributed by atoms with E-state index in [1.54, 1.807) is 20.4 Å². The number of rotatable bonds is 9. The van der Waals surface area contributed by atoms with E-state index in [9.17, 15) is 0 Å². The molecule has 3 N–H and O–H groups in total. The number of methoxy groups -OCH3 is 2. The molecule has 0 fully saturated rings. The summed E-state index contributed by atoms with van der Waals surface area (Å²) >= 11 is 0. The summed E-state index contributed by atoms with van der Waals surface area (Å²) in [5, 5.41) is 4.32. The van der Waals surface area contributed by atoms with Gasteiger partial charge < -0.3 is 14.2 Å². The average Bonchev–Trinajstić information content (AvgIpc) is 2.83. The lowest BCUT2D eigenvalue weighted by molar-refractivity contribution is 0.0568. The summed E-state index contributed by atoms with van der Waals surface area (Å²) in [6, 6.07) is 0.0328. The van der Waals surface area contributed by atoms with Gasteiger partial charge >= 0.3 is 0 Å². The van der Waals surface area contributed by atoms with Gasteiger partial charge in [0, 0.05) is 13.2 Å². The van der Waals surface area contributed by atoms with Gasteiger partial charge in [0.05, 0.1) is 39.2 Å². The second kappa shape index (κ2) is 8.11. The van der Waals surface area contributed by atoms with E-state index in [1.807, 2.05) is 4.68 Å². The molecule has 1 heterocycles. The quantitative estimate of drug-likeness (QED) is 0.390. The molecule has 19 heavy (non-hydrogen) atoms. The van der Waals surface area contributed by atoms with E-state index in [1.165, 1.54) is 0 Å². The van der Waals surface area contributed by atoms with Gasteiger partial charge in [0.1, 0.15) is 5.69 Å². The minimum absolute atomic E-state index is 0.184. The van der Waals surface area contributed by atoms with E-state index in [0.29, 0.717) is 25.6 Å². The second-order valence-corrected chi connectivity index (χ2v) is 4.42. The fourth-order valence-corrected chi connectivity index (χ4v) is 1.81. The van der Waals surface area contributed by atoms with Crippen LogP contribution in [0.4, 0.5) is 0 Å². The summed E-state index contributed by atoms with van der Waals surface area (Å²) < 4.78 is 17.7. The molecule has 0 saturated carbocycles. The Kier molecular flexibility index (Phi) is 6.79. The van der Waals surface area contributed by atoms with Crippen LogP contribution in [0.3, 0.4) is 0 Å². The monoisotopic (exact) mass is 272 g/mol. The smallest absolute Gasteiger partial charge is 0.161 e. The topological polar surface area (TPSA) is 83.6 Å². The van der Waals surface area contributed by atoms with Gasteiger partial charge in [-0.2, -0.15) is 5.10 Å². The Morgan fingerprint density at radius 2 is 2.11 bits per heavy atom. The van der Waals surface area contributed by atoms with Crippen LogP contribution in [0.1, 0.15) is 31.6 Å². The number of hydrogen-bond donors (Lipinski definition) is 2. The van der Waals surface area contributed by atoms with Crippen LogP contribution in [0.25, 0.3) is 0 Å².